The lowest BCUT2D eigenvalue weighted by Gasteiger charge is -2.19. The lowest BCUT2D eigenvalue weighted by molar-refractivity contribution is -0.129. The SMILES string of the molecule is CNCC(=O)N(C)Cc1ccc(C(C)C)cc1OC. The molecule has 4 nitrogen and oxygen atoms in total. The fraction of sp³-hybridized carbons (Fsp3) is 0.533. The molecule has 19 heavy (non-hydrogen) atoms. The van der Waals surface area contributed by atoms with Gasteiger partial charge < -0.3 is 15.0 Å². The van der Waals surface area contributed by atoms with Gasteiger partial charge in [-0.15, -0.1) is 0 Å². The number of nitrogens with one attached hydrogen (secondary N) is 1. The van der Waals surface area contributed by atoms with E-state index in [0.29, 0.717) is 19.0 Å². The third kappa shape index (κ3) is 4.24. The van der Waals surface area contributed by atoms with E-state index < -0.39 is 0 Å². The largest absolute Gasteiger partial charge is 0.496 e. The van der Waals surface area contributed by atoms with Gasteiger partial charge in [0.05, 0.1) is 13.7 Å². The van der Waals surface area contributed by atoms with E-state index in [2.05, 4.69) is 31.3 Å². The molecular formula is C15H24N2O2. The van der Waals surface area contributed by atoms with Crippen molar-refractivity contribution < 1.29 is 9.53 Å². The molecule has 0 aliphatic carbocycles. The van der Waals surface area contributed by atoms with Crippen molar-refractivity contribution in [1.29, 1.82) is 0 Å². The van der Waals surface area contributed by atoms with E-state index in [4.69, 9.17) is 4.74 Å². The minimum atomic E-state index is 0.0671. The van der Waals surface area contributed by atoms with E-state index in [0.717, 1.165) is 11.3 Å². The Morgan fingerprint density at radius 3 is 2.63 bits per heavy atom. The maximum absolute atomic E-state index is 11.7. The molecule has 0 fully saturated rings. The van der Waals surface area contributed by atoms with E-state index in [1.165, 1.54) is 5.56 Å². The van der Waals surface area contributed by atoms with Crippen molar-refractivity contribution in [3.63, 3.8) is 0 Å². The maximum Gasteiger partial charge on any atom is 0.236 e. The first-order valence-corrected chi connectivity index (χ1v) is 6.55. The highest BCUT2D eigenvalue weighted by atomic mass is 16.5. The molecule has 0 spiro atoms. The van der Waals surface area contributed by atoms with Gasteiger partial charge in [0.15, 0.2) is 0 Å². The van der Waals surface area contributed by atoms with Crippen molar-refractivity contribution in [2.45, 2.75) is 26.3 Å². The van der Waals surface area contributed by atoms with Gasteiger partial charge in [0.25, 0.3) is 0 Å². The Morgan fingerprint density at radius 2 is 2.11 bits per heavy atom. The fourth-order valence-electron chi connectivity index (χ4n) is 1.88. The summed E-state index contributed by atoms with van der Waals surface area (Å²) in [5.41, 5.74) is 2.27. The second-order valence-corrected chi connectivity index (χ2v) is 5.01. The van der Waals surface area contributed by atoms with Crippen LogP contribution in [0.2, 0.25) is 0 Å². The molecule has 0 unspecified atom stereocenters. The fourth-order valence-corrected chi connectivity index (χ4v) is 1.88. The Bertz CT molecular complexity index is 430. The van der Waals surface area contributed by atoms with Crippen molar-refractivity contribution in [3.8, 4) is 5.75 Å². The van der Waals surface area contributed by atoms with Crippen LogP contribution in [0.5, 0.6) is 5.75 Å². The van der Waals surface area contributed by atoms with Crippen molar-refractivity contribution in [2.75, 3.05) is 27.7 Å². The number of nitrogens with zero attached hydrogens (tertiary/aromatic N) is 1. The van der Waals surface area contributed by atoms with Crippen molar-refractivity contribution >= 4 is 5.91 Å². The highest BCUT2D eigenvalue weighted by Gasteiger charge is 2.12. The number of hydrogen-bond acceptors (Lipinski definition) is 3. The molecule has 0 saturated carbocycles. The number of benzene rings is 1. The zero-order valence-electron chi connectivity index (χ0n) is 12.5. The van der Waals surface area contributed by atoms with Crippen molar-refractivity contribution in [1.82, 2.24) is 10.2 Å². The van der Waals surface area contributed by atoms with Crippen molar-refractivity contribution in [2.24, 2.45) is 0 Å². The number of methoxy groups -OCH3 is 1. The normalized spacial score (nSPS) is 10.6. The minimum absolute atomic E-state index is 0.0671. The van der Waals surface area contributed by atoms with Gasteiger partial charge in [0.1, 0.15) is 5.75 Å². The Balaban J connectivity index is 2.86. The first-order valence-electron chi connectivity index (χ1n) is 6.55. The van der Waals surface area contributed by atoms with E-state index in [9.17, 15) is 4.79 Å². The topological polar surface area (TPSA) is 41.6 Å². The molecule has 1 aromatic carbocycles. The summed E-state index contributed by atoms with van der Waals surface area (Å²) in [7, 11) is 5.23. The Morgan fingerprint density at radius 1 is 1.42 bits per heavy atom. The minimum Gasteiger partial charge on any atom is -0.496 e. The van der Waals surface area contributed by atoms with Gasteiger partial charge in [-0.25, -0.2) is 0 Å². The zero-order chi connectivity index (χ0) is 14.4. The van der Waals surface area contributed by atoms with Gasteiger partial charge in [-0.2, -0.15) is 0 Å². The molecule has 0 heterocycles. The predicted octanol–water partition coefficient (Wildman–Crippen LogP) is 2.00. The Kier molecular flexibility index (Phi) is 5.83. The lowest BCUT2D eigenvalue weighted by Crippen LogP contribution is -2.33. The summed E-state index contributed by atoms with van der Waals surface area (Å²) in [5.74, 6) is 1.37. The van der Waals surface area contributed by atoms with E-state index >= 15 is 0 Å². The van der Waals surface area contributed by atoms with Crippen LogP contribution in [0, 0.1) is 0 Å². The predicted molar refractivity (Wildman–Crippen MR) is 77.5 cm³/mol. The number of carbonyl (C=O) groups excluding carboxylic acids is 1. The molecule has 4 heteroatoms. The van der Waals surface area contributed by atoms with Gasteiger partial charge in [-0.1, -0.05) is 26.0 Å². The van der Waals surface area contributed by atoms with E-state index in [-0.39, 0.29) is 5.91 Å². The molecule has 1 rings (SSSR count). The first kappa shape index (κ1) is 15.5. The summed E-state index contributed by atoms with van der Waals surface area (Å²) in [6.45, 7) is 5.21. The lowest BCUT2D eigenvalue weighted by atomic mass is 10.0. The number of amides is 1. The standard InChI is InChI=1S/C15H24N2O2/c1-11(2)12-6-7-13(14(8-12)19-5)10-17(4)15(18)9-16-3/h6-8,11,16H,9-10H2,1-5H3. The van der Waals surface area contributed by atoms with Gasteiger partial charge >= 0.3 is 0 Å². The van der Waals surface area contributed by atoms with Crippen LogP contribution in [-0.4, -0.2) is 38.6 Å². The highest BCUT2D eigenvalue weighted by Crippen LogP contribution is 2.25. The number of hydrogen-bond donors (Lipinski definition) is 1. The molecule has 1 N–H and O–H groups in total. The van der Waals surface area contributed by atoms with Gasteiger partial charge in [0.2, 0.25) is 5.91 Å². The average molecular weight is 264 g/mol. The molecule has 0 aliphatic rings. The molecule has 0 saturated heterocycles. The van der Waals surface area contributed by atoms with Crippen LogP contribution in [0.1, 0.15) is 30.9 Å². The second kappa shape index (κ2) is 7.14. The molecule has 1 aromatic rings. The summed E-state index contributed by atoms with van der Waals surface area (Å²) >= 11 is 0. The first-order chi connectivity index (χ1) is 8.99. The second-order valence-electron chi connectivity index (χ2n) is 5.01. The van der Waals surface area contributed by atoms with Crippen LogP contribution >= 0.6 is 0 Å². The zero-order valence-corrected chi connectivity index (χ0v) is 12.5. The van der Waals surface area contributed by atoms with E-state index in [1.54, 1.807) is 26.1 Å². The summed E-state index contributed by atoms with van der Waals surface area (Å²) in [4.78, 5) is 13.4. The molecule has 0 radical (unpaired) electrons. The van der Waals surface area contributed by atoms with Crippen LogP contribution in [0.15, 0.2) is 18.2 Å². The van der Waals surface area contributed by atoms with Crippen LogP contribution < -0.4 is 10.1 Å². The smallest absolute Gasteiger partial charge is 0.236 e. The molecule has 1 amide bonds. The Hall–Kier alpha value is -1.55. The summed E-state index contributed by atoms with van der Waals surface area (Å²) < 4.78 is 5.42. The number of carbonyl (C=O) groups is 1. The third-order valence-electron chi connectivity index (χ3n) is 3.14. The summed E-state index contributed by atoms with van der Waals surface area (Å²) in [6.07, 6.45) is 0. The number of ether oxygens (including phenoxy) is 1. The van der Waals surface area contributed by atoms with Crippen molar-refractivity contribution in [3.05, 3.63) is 29.3 Å². The van der Waals surface area contributed by atoms with Crippen LogP contribution in [0.25, 0.3) is 0 Å². The quantitative estimate of drug-likeness (QED) is 0.854. The highest BCUT2D eigenvalue weighted by molar-refractivity contribution is 5.78. The number of rotatable bonds is 6. The molecular weight excluding hydrogens is 240 g/mol. The van der Waals surface area contributed by atoms with Gasteiger partial charge in [0, 0.05) is 19.2 Å². The Labute approximate surface area is 115 Å². The molecule has 0 aliphatic heterocycles. The average Bonchev–Trinajstić information content (AvgIpc) is 2.39. The summed E-state index contributed by atoms with van der Waals surface area (Å²) in [5, 5.41) is 2.86. The third-order valence-corrected chi connectivity index (χ3v) is 3.14. The number of likely N-dealkylation sites (N-methyl/N-ethyl adjacent to an activating group) is 2. The molecule has 0 aromatic heterocycles. The molecule has 0 atom stereocenters. The van der Waals surface area contributed by atoms with Gasteiger partial charge in [-0.3, -0.25) is 4.79 Å². The van der Waals surface area contributed by atoms with Crippen LogP contribution in [0.4, 0.5) is 0 Å². The monoisotopic (exact) mass is 264 g/mol. The summed E-state index contributed by atoms with van der Waals surface area (Å²) in [6, 6.07) is 6.19. The van der Waals surface area contributed by atoms with Gasteiger partial charge in [-0.05, 0) is 24.6 Å². The molecule has 106 valence electrons. The van der Waals surface area contributed by atoms with Crippen LogP contribution in [-0.2, 0) is 11.3 Å². The van der Waals surface area contributed by atoms with Crippen LogP contribution in [0.3, 0.4) is 0 Å². The van der Waals surface area contributed by atoms with E-state index in [1.807, 2.05) is 6.07 Å². The maximum atomic E-state index is 11.7. The molecule has 0 bridgehead atoms.